The molecule has 0 aliphatic carbocycles. The van der Waals surface area contributed by atoms with Crippen LogP contribution in [0.3, 0.4) is 0 Å². The first-order valence-corrected chi connectivity index (χ1v) is 4.85. The van der Waals surface area contributed by atoms with Crippen molar-refractivity contribution in [3.05, 3.63) is 12.2 Å². The molecule has 1 aliphatic rings. The average Bonchev–Trinajstić information content (AvgIpc) is 2.55. The third kappa shape index (κ3) is 3.35. The molecule has 1 rings (SSSR count). The van der Waals surface area contributed by atoms with Crippen LogP contribution < -0.4 is 10.7 Å². The van der Waals surface area contributed by atoms with Gasteiger partial charge in [-0.1, -0.05) is 0 Å². The van der Waals surface area contributed by atoms with E-state index in [1.54, 1.807) is 6.92 Å². The Balaban J connectivity index is 2.14. The summed E-state index contributed by atoms with van der Waals surface area (Å²) < 4.78 is 4.73. The topological polar surface area (TPSA) is 87.7 Å². The number of carbonyl (C=O) groups excluding carboxylic acids is 3. The minimum absolute atomic E-state index is 0.0723. The van der Waals surface area contributed by atoms with Gasteiger partial charge in [0, 0.05) is 18.7 Å². The molecule has 88 valence electrons. The molecule has 1 aliphatic heterocycles. The summed E-state index contributed by atoms with van der Waals surface area (Å²) in [5.41, 5.74) is 2.55. The first-order valence-electron chi connectivity index (χ1n) is 4.85. The first kappa shape index (κ1) is 12.2. The summed E-state index contributed by atoms with van der Waals surface area (Å²) in [5.74, 6) is -0.856. The molecule has 16 heavy (non-hydrogen) atoms. The van der Waals surface area contributed by atoms with Gasteiger partial charge in [0.05, 0.1) is 6.54 Å². The van der Waals surface area contributed by atoms with Gasteiger partial charge in [-0.25, -0.2) is 15.2 Å². The van der Waals surface area contributed by atoms with E-state index >= 15 is 0 Å². The van der Waals surface area contributed by atoms with Crippen molar-refractivity contribution in [2.45, 2.75) is 6.92 Å². The summed E-state index contributed by atoms with van der Waals surface area (Å²) in [6.07, 6.45) is 1.81. The monoisotopic (exact) mass is 227 g/mol. The van der Waals surface area contributed by atoms with Gasteiger partial charge in [0.15, 0.2) is 0 Å². The normalized spacial score (nSPS) is 14.4. The molecule has 0 spiro atoms. The number of alkyl carbamates (subject to hydrolysis) is 1. The van der Waals surface area contributed by atoms with E-state index in [9.17, 15) is 14.4 Å². The second-order valence-electron chi connectivity index (χ2n) is 2.92. The molecule has 0 fully saturated rings. The third-order valence-electron chi connectivity index (χ3n) is 1.74. The number of hydrogen-bond donors (Lipinski definition) is 2. The summed E-state index contributed by atoms with van der Waals surface area (Å²) >= 11 is 0. The highest BCUT2D eigenvalue weighted by atomic mass is 16.5. The van der Waals surface area contributed by atoms with Gasteiger partial charge in [-0.05, 0) is 6.92 Å². The van der Waals surface area contributed by atoms with E-state index < -0.39 is 17.9 Å². The van der Waals surface area contributed by atoms with Gasteiger partial charge in [0.25, 0.3) is 11.8 Å². The van der Waals surface area contributed by atoms with Crippen molar-refractivity contribution in [1.29, 1.82) is 0 Å². The summed E-state index contributed by atoms with van der Waals surface area (Å²) in [7, 11) is 0. The fraction of sp³-hybridized carbons (Fsp3) is 0.444. The van der Waals surface area contributed by atoms with Gasteiger partial charge in [0.2, 0.25) is 0 Å². The van der Waals surface area contributed by atoms with E-state index in [0.717, 1.165) is 5.01 Å². The standard InChI is InChI=1S/C9H13N3O4/c1-2-10-9(15)16-6-5-11-12-7(13)3-4-8(12)14/h3-4,11H,2,5-6H2,1H3,(H,10,15). The molecule has 7 heteroatoms. The summed E-state index contributed by atoms with van der Waals surface area (Å²) in [6.45, 7) is 2.52. The minimum Gasteiger partial charge on any atom is -0.448 e. The molecule has 3 amide bonds. The molecule has 0 saturated carbocycles. The zero-order valence-electron chi connectivity index (χ0n) is 8.86. The number of nitrogens with zero attached hydrogens (tertiary/aromatic N) is 1. The predicted molar refractivity (Wildman–Crippen MR) is 54.0 cm³/mol. The molecule has 1 heterocycles. The molecule has 0 saturated heterocycles. The molecule has 7 nitrogen and oxygen atoms in total. The minimum atomic E-state index is -0.526. The maximum atomic E-state index is 11.1. The molecule has 0 aromatic heterocycles. The Hall–Kier alpha value is -1.89. The van der Waals surface area contributed by atoms with E-state index in [-0.39, 0.29) is 13.2 Å². The Bertz CT molecular complexity index is 309. The Morgan fingerprint density at radius 3 is 2.56 bits per heavy atom. The Morgan fingerprint density at radius 2 is 2.00 bits per heavy atom. The zero-order chi connectivity index (χ0) is 12.0. The van der Waals surface area contributed by atoms with Crippen molar-refractivity contribution < 1.29 is 19.1 Å². The van der Waals surface area contributed by atoms with E-state index in [1.165, 1.54) is 12.2 Å². The number of ether oxygens (including phenoxy) is 1. The van der Waals surface area contributed by atoms with Crippen molar-refractivity contribution in [1.82, 2.24) is 15.8 Å². The molecular formula is C9H13N3O4. The number of hydrogen-bond acceptors (Lipinski definition) is 5. The fourth-order valence-corrected chi connectivity index (χ4v) is 1.05. The quantitative estimate of drug-likeness (QED) is 0.472. The lowest BCUT2D eigenvalue weighted by Gasteiger charge is -2.14. The van der Waals surface area contributed by atoms with Crippen LogP contribution in [0.25, 0.3) is 0 Å². The number of imide groups is 1. The van der Waals surface area contributed by atoms with E-state index in [2.05, 4.69) is 10.7 Å². The molecule has 0 radical (unpaired) electrons. The van der Waals surface area contributed by atoms with E-state index in [4.69, 9.17) is 4.74 Å². The molecule has 0 unspecified atom stereocenters. The summed E-state index contributed by atoms with van der Waals surface area (Å²) in [4.78, 5) is 32.9. The largest absolute Gasteiger partial charge is 0.448 e. The van der Waals surface area contributed by atoms with Crippen LogP contribution in [0.15, 0.2) is 12.2 Å². The smallest absolute Gasteiger partial charge is 0.407 e. The fourth-order valence-electron chi connectivity index (χ4n) is 1.05. The summed E-state index contributed by atoms with van der Waals surface area (Å²) in [5, 5.41) is 3.30. The van der Waals surface area contributed by atoms with Crippen LogP contribution in [0.2, 0.25) is 0 Å². The second-order valence-corrected chi connectivity index (χ2v) is 2.92. The highest BCUT2D eigenvalue weighted by Gasteiger charge is 2.22. The van der Waals surface area contributed by atoms with Crippen LogP contribution in [-0.2, 0) is 14.3 Å². The predicted octanol–water partition coefficient (Wildman–Crippen LogP) is -0.838. The SMILES string of the molecule is CCNC(=O)OCCNN1C(=O)C=CC1=O. The lowest BCUT2D eigenvalue weighted by Crippen LogP contribution is -2.44. The maximum Gasteiger partial charge on any atom is 0.407 e. The van der Waals surface area contributed by atoms with E-state index in [1.807, 2.05) is 0 Å². The maximum absolute atomic E-state index is 11.1. The van der Waals surface area contributed by atoms with Gasteiger partial charge in [-0.15, -0.1) is 0 Å². The third-order valence-corrected chi connectivity index (χ3v) is 1.74. The molecule has 2 N–H and O–H groups in total. The van der Waals surface area contributed by atoms with Crippen molar-refractivity contribution in [2.75, 3.05) is 19.7 Å². The van der Waals surface area contributed by atoms with Crippen molar-refractivity contribution in [3.63, 3.8) is 0 Å². The number of nitrogens with one attached hydrogen (secondary N) is 2. The highest BCUT2D eigenvalue weighted by molar-refractivity contribution is 6.12. The Kier molecular flexibility index (Phi) is 4.46. The molecule has 0 aromatic rings. The number of carbonyl (C=O) groups is 3. The Labute approximate surface area is 92.4 Å². The van der Waals surface area contributed by atoms with Gasteiger partial charge in [0.1, 0.15) is 6.61 Å². The number of hydrazine groups is 1. The van der Waals surface area contributed by atoms with Gasteiger partial charge in [-0.3, -0.25) is 9.59 Å². The van der Waals surface area contributed by atoms with Crippen LogP contribution >= 0.6 is 0 Å². The Morgan fingerprint density at radius 1 is 1.38 bits per heavy atom. The van der Waals surface area contributed by atoms with E-state index in [0.29, 0.717) is 6.54 Å². The second kappa shape index (κ2) is 5.86. The van der Waals surface area contributed by atoms with Crippen molar-refractivity contribution in [2.24, 2.45) is 0 Å². The van der Waals surface area contributed by atoms with Crippen LogP contribution in [0.1, 0.15) is 6.92 Å². The van der Waals surface area contributed by atoms with Crippen LogP contribution in [0.4, 0.5) is 4.79 Å². The lowest BCUT2D eigenvalue weighted by molar-refractivity contribution is -0.140. The van der Waals surface area contributed by atoms with Crippen LogP contribution in [0.5, 0.6) is 0 Å². The average molecular weight is 227 g/mol. The van der Waals surface area contributed by atoms with Crippen LogP contribution in [-0.4, -0.2) is 42.6 Å². The van der Waals surface area contributed by atoms with Crippen molar-refractivity contribution >= 4 is 17.9 Å². The number of rotatable bonds is 5. The number of amides is 3. The van der Waals surface area contributed by atoms with Crippen LogP contribution in [0, 0.1) is 0 Å². The van der Waals surface area contributed by atoms with Crippen molar-refractivity contribution in [3.8, 4) is 0 Å². The van der Waals surface area contributed by atoms with Gasteiger partial charge < -0.3 is 10.1 Å². The highest BCUT2D eigenvalue weighted by Crippen LogP contribution is 1.98. The molecule has 0 bridgehead atoms. The molecular weight excluding hydrogens is 214 g/mol. The lowest BCUT2D eigenvalue weighted by atomic mass is 10.6. The first-order chi connectivity index (χ1) is 7.65. The zero-order valence-corrected chi connectivity index (χ0v) is 8.86. The summed E-state index contributed by atoms with van der Waals surface area (Å²) in [6, 6.07) is 0. The van der Waals surface area contributed by atoms with Gasteiger partial charge in [-0.2, -0.15) is 0 Å². The van der Waals surface area contributed by atoms with Gasteiger partial charge >= 0.3 is 6.09 Å². The molecule has 0 aromatic carbocycles. The molecule has 0 atom stereocenters.